The van der Waals surface area contributed by atoms with E-state index in [4.69, 9.17) is 14.2 Å². The first-order valence-corrected chi connectivity index (χ1v) is 10.8. The van der Waals surface area contributed by atoms with Gasteiger partial charge in [0.2, 0.25) is 5.95 Å². The molecule has 2 heterocycles. The van der Waals surface area contributed by atoms with E-state index in [9.17, 15) is 0 Å². The van der Waals surface area contributed by atoms with E-state index in [2.05, 4.69) is 25.2 Å². The van der Waals surface area contributed by atoms with Gasteiger partial charge in [0.05, 0.1) is 38.6 Å². The monoisotopic (exact) mass is 447 g/mol. The molecule has 4 rings (SSSR count). The summed E-state index contributed by atoms with van der Waals surface area (Å²) in [6.07, 6.45) is 1.89. The van der Waals surface area contributed by atoms with Gasteiger partial charge in [0.1, 0.15) is 17.1 Å². The number of fused-ring (bicyclic) bond motifs is 1. The molecule has 2 N–H and O–H groups in total. The molecule has 8 heteroatoms. The largest absolute Gasteiger partial charge is 0.493 e. The second-order valence-electron chi connectivity index (χ2n) is 7.84. The Labute approximate surface area is 193 Å². The van der Waals surface area contributed by atoms with Crippen molar-refractivity contribution in [3.63, 3.8) is 0 Å². The summed E-state index contributed by atoms with van der Waals surface area (Å²) < 4.78 is 18.7. The van der Waals surface area contributed by atoms with Crippen molar-refractivity contribution in [2.75, 3.05) is 31.9 Å². The van der Waals surface area contributed by atoms with Crippen molar-refractivity contribution in [3.8, 4) is 17.2 Å². The Morgan fingerprint density at radius 1 is 1.00 bits per heavy atom. The molecule has 0 saturated carbocycles. The minimum absolute atomic E-state index is 0.112. The van der Waals surface area contributed by atoms with Crippen LogP contribution in [-0.4, -0.2) is 41.9 Å². The highest BCUT2D eigenvalue weighted by Crippen LogP contribution is 2.30. The lowest BCUT2D eigenvalue weighted by Gasteiger charge is -2.13. The van der Waals surface area contributed by atoms with E-state index in [-0.39, 0.29) is 6.10 Å². The van der Waals surface area contributed by atoms with Crippen LogP contribution in [0.2, 0.25) is 0 Å². The molecule has 0 aliphatic heterocycles. The number of hydrogen-bond acceptors (Lipinski definition) is 7. The predicted octanol–water partition coefficient (Wildman–Crippen LogP) is 5.07. The minimum atomic E-state index is 0.112. The SMILES string of the molecule is CNc1nc2cnc(Nc3cccc(OC(C)C)c3)cc2n1Cc1ccc(OC)c(OC)c1. The van der Waals surface area contributed by atoms with Crippen molar-refractivity contribution in [2.45, 2.75) is 26.5 Å². The highest BCUT2D eigenvalue weighted by atomic mass is 16.5. The van der Waals surface area contributed by atoms with Crippen molar-refractivity contribution < 1.29 is 14.2 Å². The van der Waals surface area contributed by atoms with Crippen LogP contribution in [0.15, 0.2) is 54.7 Å². The fraction of sp³-hybridized carbons (Fsp3) is 0.280. The molecule has 0 atom stereocenters. The van der Waals surface area contributed by atoms with Crippen molar-refractivity contribution in [3.05, 3.63) is 60.3 Å². The second-order valence-corrected chi connectivity index (χ2v) is 7.84. The summed E-state index contributed by atoms with van der Waals surface area (Å²) in [5.74, 6) is 3.68. The number of imidazole rings is 1. The number of methoxy groups -OCH3 is 2. The number of rotatable bonds is 9. The van der Waals surface area contributed by atoms with Crippen LogP contribution in [0, 0.1) is 0 Å². The van der Waals surface area contributed by atoms with E-state index in [1.807, 2.05) is 69.4 Å². The van der Waals surface area contributed by atoms with E-state index < -0.39 is 0 Å². The number of benzene rings is 2. The lowest BCUT2D eigenvalue weighted by molar-refractivity contribution is 0.242. The fourth-order valence-electron chi connectivity index (χ4n) is 3.68. The van der Waals surface area contributed by atoms with E-state index in [0.29, 0.717) is 18.0 Å². The van der Waals surface area contributed by atoms with Gasteiger partial charge in [-0.25, -0.2) is 9.97 Å². The Bertz CT molecular complexity index is 1250. The maximum atomic E-state index is 5.80. The molecule has 2 aromatic heterocycles. The maximum absolute atomic E-state index is 5.80. The van der Waals surface area contributed by atoms with Crippen molar-refractivity contribution >= 4 is 28.5 Å². The lowest BCUT2D eigenvalue weighted by Crippen LogP contribution is -2.06. The Balaban J connectivity index is 1.66. The Morgan fingerprint density at radius 2 is 1.82 bits per heavy atom. The molecule has 0 radical (unpaired) electrons. The molecule has 0 unspecified atom stereocenters. The van der Waals surface area contributed by atoms with Crippen LogP contribution in [0.1, 0.15) is 19.4 Å². The first-order chi connectivity index (χ1) is 16.0. The van der Waals surface area contributed by atoms with E-state index in [1.165, 1.54) is 0 Å². The molecule has 4 aromatic rings. The van der Waals surface area contributed by atoms with Crippen LogP contribution in [0.5, 0.6) is 17.2 Å². The van der Waals surface area contributed by atoms with Crippen LogP contribution in [-0.2, 0) is 6.54 Å². The molecule has 2 aromatic carbocycles. The zero-order valence-electron chi connectivity index (χ0n) is 19.5. The van der Waals surface area contributed by atoms with Crippen LogP contribution < -0.4 is 24.8 Å². The zero-order valence-corrected chi connectivity index (χ0v) is 19.5. The molecule has 33 heavy (non-hydrogen) atoms. The molecule has 8 nitrogen and oxygen atoms in total. The number of anilines is 3. The quantitative estimate of drug-likeness (QED) is 0.371. The third-order valence-corrected chi connectivity index (χ3v) is 5.13. The van der Waals surface area contributed by atoms with Gasteiger partial charge in [-0.3, -0.25) is 0 Å². The molecule has 172 valence electrons. The number of pyridine rings is 1. The van der Waals surface area contributed by atoms with E-state index >= 15 is 0 Å². The van der Waals surface area contributed by atoms with Crippen LogP contribution in [0.25, 0.3) is 11.0 Å². The molecule has 0 fully saturated rings. The second kappa shape index (κ2) is 9.68. The van der Waals surface area contributed by atoms with Gasteiger partial charge in [-0.15, -0.1) is 0 Å². The lowest BCUT2D eigenvalue weighted by atomic mass is 10.2. The molecule has 0 aliphatic carbocycles. The predicted molar refractivity (Wildman–Crippen MR) is 131 cm³/mol. The maximum Gasteiger partial charge on any atom is 0.203 e. The van der Waals surface area contributed by atoms with Gasteiger partial charge in [0.25, 0.3) is 0 Å². The first-order valence-electron chi connectivity index (χ1n) is 10.8. The molecule has 0 spiro atoms. The highest BCUT2D eigenvalue weighted by molar-refractivity contribution is 5.81. The summed E-state index contributed by atoms with van der Waals surface area (Å²) in [5, 5.41) is 6.55. The van der Waals surface area contributed by atoms with Crippen LogP contribution in [0.3, 0.4) is 0 Å². The minimum Gasteiger partial charge on any atom is -0.493 e. The number of nitrogens with one attached hydrogen (secondary N) is 2. The summed E-state index contributed by atoms with van der Waals surface area (Å²) in [4.78, 5) is 9.23. The van der Waals surface area contributed by atoms with Gasteiger partial charge >= 0.3 is 0 Å². The normalized spacial score (nSPS) is 11.0. The number of aromatic nitrogens is 3. The molecular weight excluding hydrogens is 418 g/mol. The smallest absolute Gasteiger partial charge is 0.203 e. The van der Waals surface area contributed by atoms with E-state index in [0.717, 1.165) is 39.8 Å². The topological polar surface area (TPSA) is 82.5 Å². The Hall–Kier alpha value is -3.94. The average molecular weight is 448 g/mol. The van der Waals surface area contributed by atoms with Crippen molar-refractivity contribution in [1.29, 1.82) is 0 Å². The van der Waals surface area contributed by atoms with Gasteiger partial charge in [0, 0.05) is 24.9 Å². The van der Waals surface area contributed by atoms with Crippen LogP contribution in [0.4, 0.5) is 17.5 Å². The number of nitrogens with zero attached hydrogens (tertiary/aromatic N) is 3. The Morgan fingerprint density at radius 3 is 2.55 bits per heavy atom. The molecule has 0 bridgehead atoms. The average Bonchev–Trinajstić information content (AvgIpc) is 3.15. The number of ether oxygens (including phenoxy) is 3. The van der Waals surface area contributed by atoms with Gasteiger partial charge in [-0.05, 0) is 43.7 Å². The van der Waals surface area contributed by atoms with Gasteiger partial charge < -0.3 is 29.4 Å². The van der Waals surface area contributed by atoms with E-state index in [1.54, 1.807) is 20.4 Å². The summed E-state index contributed by atoms with van der Waals surface area (Å²) in [6.45, 7) is 4.62. The number of hydrogen-bond donors (Lipinski definition) is 2. The highest BCUT2D eigenvalue weighted by Gasteiger charge is 2.13. The summed E-state index contributed by atoms with van der Waals surface area (Å²) in [6, 6.07) is 15.8. The van der Waals surface area contributed by atoms with Gasteiger partial charge in [-0.1, -0.05) is 12.1 Å². The van der Waals surface area contributed by atoms with Gasteiger partial charge in [0.15, 0.2) is 11.5 Å². The molecular formula is C25H29N5O3. The molecule has 0 saturated heterocycles. The standard InChI is InChI=1S/C25H29N5O3/c1-16(2)33-19-8-6-7-18(12-19)28-24-13-21-20(14-27-24)29-25(26-3)30(21)15-17-9-10-22(31-4)23(11-17)32-5/h6-14,16H,15H2,1-5H3,(H,26,29)(H,27,28). The fourth-order valence-corrected chi connectivity index (χ4v) is 3.68. The third-order valence-electron chi connectivity index (χ3n) is 5.13. The summed E-state index contributed by atoms with van der Waals surface area (Å²) in [7, 11) is 5.13. The summed E-state index contributed by atoms with van der Waals surface area (Å²) >= 11 is 0. The zero-order chi connectivity index (χ0) is 23.4. The first kappa shape index (κ1) is 22.3. The van der Waals surface area contributed by atoms with Gasteiger partial charge in [-0.2, -0.15) is 0 Å². The van der Waals surface area contributed by atoms with Crippen molar-refractivity contribution in [1.82, 2.24) is 14.5 Å². The molecule has 0 aliphatic rings. The third kappa shape index (κ3) is 4.95. The molecule has 0 amide bonds. The summed E-state index contributed by atoms with van der Waals surface area (Å²) in [5.41, 5.74) is 3.73. The van der Waals surface area contributed by atoms with Crippen molar-refractivity contribution in [2.24, 2.45) is 0 Å². The Kier molecular flexibility index (Phi) is 6.53. The van der Waals surface area contributed by atoms with Crippen LogP contribution >= 0.6 is 0 Å².